The van der Waals surface area contributed by atoms with Crippen LogP contribution in [0.25, 0.3) is 0 Å². The van der Waals surface area contributed by atoms with Crippen molar-refractivity contribution in [3.05, 3.63) is 64.7 Å². The topological polar surface area (TPSA) is 95.6 Å². The number of benzene rings is 2. The lowest BCUT2D eigenvalue weighted by Gasteiger charge is -2.32. The Morgan fingerprint density at radius 1 is 1.09 bits per heavy atom. The van der Waals surface area contributed by atoms with Crippen molar-refractivity contribution in [3.8, 4) is 0 Å². The molecule has 1 unspecified atom stereocenters. The fourth-order valence-electron chi connectivity index (χ4n) is 3.85. The fourth-order valence-corrected chi connectivity index (χ4v) is 5.63. The lowest BCUT2D eigenvalue weighted by molar-refractivity contribution is -0.126. The molecule has 1 aliphatic rings. The number of carbonyl (C=O) groups is 2. The van der Waals surface area contributed by atoms with Crippen LogP contribution in [0.2, 0.25) is 5.02 Å². The number of likely N-dealkylation sites (tertiary alicyclic amines) is 1. The number of carbonyl (C=O) groups excluding carboxylic acids is 2. The molecule has 0 spiro atoms. The average Bonchev–Trinajstić information content (AvgIpc) is 2.76. The van der Waals surface area contributed by atoms with Crippen LogP contribution in [-0.4, -0.2) is 43.8 Å². The van der Waals surface area contributed by atoms with Crippen LogP contribution in [0.3, 0.4) is 0 Å². The van der Waals surface area contributed by atoms with Crippen molar-refractivity contribution in [2.45, 2.75) is 50.6 Å². The van der Waals surface area contributed by atoms with Gasteiger partial charge in [-0.15, -0.1) is 0 Å². The number of hydrogen-bond donors (Lipinski definition) is 2. The lowest BCUT2D eigenvalue weighted by atomic mass is 9.96. The van der Waals surface area contributed by atoms with E-state index in [9.17, 15) is 18.0 Å². The summed E-state index contributed by atoms with van der Waals surface area (Å²) in [6, 6.07) is 13.3. The molecule has 0 bridgehead atoms. The van der Waals surface area contributed by atoms with Crippen LogP contribution in [0.4, 0.5) is 0 Å². The maximum Gasteiger partial charge on any atom is 0.253 e. The molecule has 0 aromatic heterocycles. The molecule has 3 rings (SSSR count). The summed E-state index contributed by atoms with van der Waals surface area (Å²) < 4.78 is 28.3. The monoisotopic (exact) mass is 491 g/mol. The largest absolute Gasteiger partial charge is 0.352 e. The Bertz CT molecular complexity index is 1110. The molecule has 7 nitrogen and oxygen atoms in total. The van der Waals surface area contributed by atoms with E-state index in [1.807, 2.05) is 0 Å². The molecule has 0 aliphatic carbocycles. The van der Waals surface area contributed by atoms with Gasteiger partial charge in [0.25, 0.3) is 5.91 Å². The molecule has 2 amide bonds. The minimum Gasteiger partial charge on any atom is -0.352 e. The molecule has 1 heterocycles. The Balaban J connectivity index is 1.65. The van der Waals surface area contributed by atoms with Gasteiger partial charge >= 0.3 is 0 Å². The number of nitrogens with one attached hydrogen (secondary N) is 2. The molecule has 178 valence electrons. The van der Waals surface area contributed by atoms with Gasteiger partial charge < -0.3 is 10.2 Å². The molecular formula is C24H30ClN3O4S. The highest BCUT2D eigenvalue weighted by atomic mass is 35.5. The summed E-state index contributed by atoms with van der Waals surface area (Å²) >= 11 is 5.90. The number of hydrogen-bond acceptors (Lipinski definition) is 4. The van der Waals surface area contributed by atoms with Gasteiger partial charge in [-0.3, -0.25) is 9.59 Å². The van der Waals surface area contributed by atoms with Crippen LogP contribution in [-0.2, 0) is 21.4 Å². The number of amides is 2. The molecule has 1 fully saturated rings. The lowest BCUT2D eigenvalue weighted by Crippen LogP contribution is -2.45. The van der Waals surface area contributed by atoms with Crippen molar-refractivity contribution in [2.24, 2.45) is 5.92 Å². The molecule has 1 atom stereocenters. The Morgan fingerprint density at radius 3 is 2.42 bits per heavy atom. The first-order chi connectivity index (χ1) is 15.5. The number of rotatable bonds is 6. The van der Waals surface area contributed by atoms with Crippen molar-refractivity contribution in [1.29, 1.82) is 0 Å². The molecule has 0 saturated carbocycles. The second kappa shape index (κ2) is 10.2. The van der Waals surface area contributed by atoms with Gasteiger partial charge in [0.1, 0.15) is 0 Å². The third kappa shape index (κ3) is 6.79. The van der Waals surface area contributed by atoms with E-state index in [-0.39, 0.29) is 29.2 Å². The first-order valence-electron chi connectivity index (χ1n) is 10.9. The van der Waals surface area contributed by atoms with E-state index in [1.54, 1.807) is 68.1 Å². The molecule has 2 aromatic carbocycles. The van der Waals surface area contributed by atoms with Crippen molar-refractivity contribution in [3.63, 3.8) is 0 Å². The van der Waals surface area contributed by atoms with Crippen molar-refractivity contribution >= 4 is 33.4 Å². The van der Waals surface area contributed by atoms with Gasteiger partial charge in [0, 0.05) is 35.8 Å². The van der Waals surface area contributed by atoms with E-state index in [2.05, 4.69) is 10.0 Å². The maximum atomic E-state index is 12.9. The van der Waals surface area contributed by atoms with E-state index in [4.69, 9.17) is 11.6 Å². The van der Waals surface area contributed by atoms with E-state index >= 15 is 0 Å². The third-order valence-corrected chi connectivity index (χ3v) is 7.44. The first-order valence-corrected chi connectivity index (χ1v) is 12.8. The van der Waals surface area contributed by atoms with Crippen molar-refractivity contribution < 1.29 is 18.0 Å². The van der Waals surface area contributed by atoms with E-state index in [1.165, 1.54) is 6.07 Å². The van der Waals surface area contributed by atoms with Crippen LogP contribution in [0, 0.1) is 5.92 Å². The minimum atomic E-state index is -3.74. The van der Waals surface area contributed by atoms with E-state index < -0.39 is 15.6 Å². The van der Waals surface area contributed by atoms with Gasteiger partial charge in [0.05, 0.1) is 10.8 Å². The van der Waals surface area contributed by atoms with Crippen LogP contribution in [0.15, 0.2) is 53.4 Å². The van der Waals surface area contributed by atoms with Gasteiger partial charge in [-0.2, -0.15) is 0 Å². The fraction of sp³-hybridized carbons (Fsp3) is 0.417. The minimum absolute atomic E-state index is 0.0850. The van der Waals surface area contributed by atoms with Crippen LogP contribution >= 0.6 is 11.6 Å². The summed E-state index contributed by atoms with van der Waals surface area (Å²) in [5, 5.41) is 3.42. The van der Waals surface area contributed by atoms with Crippen LogP contribution < -0.4 is 10.0 Å². The van der Waals surface area contributed by atoms with Crippen LogP contribution in [0.5, 0.6) is 0 Å². The molecule has 2 N–H and O–H groups in total. The zero-order valence-electron chi connectivity index (χ0n) is 19.1. The highest BCUT2D eigenvalue weighted by molar-refractivity contribution is 7.89. The summed E-state index contributed by atoms with van der Waals surface area (Å²) in [5.74, 6) is -0.681. The zero-order chi connectivity index (χ0) is 24.2. The van der Waals surface area contributed by atoms with Gasteiger partial charge in [-0.05, 0) is 69.5 Å². The predicted octanol–water partition coefficient (Wildman–Crippen LogP) is 3.59. The van der Waals surface area contributed by atoms with E-state index in [0.29, 0.717) is 35.7 Å². The molecule has 1 aliphatic heterocycles. The Hall–Kier alpha value is -2.42. The number of sulfonamides is 1. The SMILES string of the molecule is CC(C)(C)NS(=O)(=O)c1ccccc1CNC(=O)C1CCCN(C(=O)c2ccc(Cl)cc2)C1. The van der Waals surface area contributed by atoms with Crippen molar-refractivity contribution in [1.82, 2.24) is 14.9 Å². The summed E-state index contributed by atoms with van der Waals surface area (Å²) in [7, 11) is -3.74. The normalized spacial score (nSPS) is 17.0. The summed E-state index contributed by atoms with van der Waals surface area (Å²) in [6.45, 7) is 6.31. The highest BCUT2D eigenvalue weighted by Gasteiger charge is 2.29. The van der Waals surface area contributed by atoms with Crippen molar-refractivity contribution in [2.75, 3.05) is 13.1 Å². The zero-order valence-corrected chi connectivity index (χ0v) is 20.7. The number of piperidine rings is 1. The summed E-state index contributed by atoms with van der Waals surface area (Å²) in [4.78, 5) is 27.5. The molecule has 2 aromatic rings. The predicted molar refractivity (Wildman–Crippen MR) is 128 cm³/mol. The maximum absolute atomic E-state index is 12.9. The number of nitrogens with zero attached hydrogens (tertiary/aromatic N) is 1. The standard InChI is InChI=1S/C24H30ClN3O4S/c1-24(2,3)27-33(31,32)21-9-5-4-7-18(21)15-26-22(29)19-8-6-14-28(16-19)23(30)17-10-12-20(25)13-11-17/h4-5,7,9-13,19,27H,6,8,14-16H2,1-3H3,(H,26,29). The quantitative estimate of drug-likeness (QED) is 0.645. The second-order valence-electron chi connectivity index (χ2n) is 9.28. The van der Waals surface area contributed by atoms with E-state index in [0.717, 1.165) is 6.42 Å². The second-order valence-corrected chi connectivity index (χ2v) is 11.4. The smallest absolute Gasteiger partial charge is 0.253 e. The molecule has 9 heteroatoms. The summed E-state index contributed by atoms with van der Waals surface area (Å²) in [6.07, 6.45) is 1.39. The Labute approximate surface area is 200 Å². The molecule has 1 saturated heterocycles. The molecule has 33 heavy (non-hydrogen) atoms. The summed E-state index contributed by atoms with van der Waals surface area (Å²) in [5.41, 5.74) is 0.413. The van der Waals surface area contributed by atoms with Gasteiger partial charge in [0.15, 0.2) is 0 Å². The molecule has 0 radical (unpaired) electrons. The van der Waals surface area contributed by atoms with Gasteiger partial charge in [0.2, 0.25) is 15.9 Å². The Kier molecular flexibility index (Phi) is 7.82. The number of halogens is 1. The Morgan fingerprint density at radius 2 is 1.76 bits per heavy atom. The van der Waals surface area contributed by atoms with Crippen LogP contribution in [0.1, 0.15) is 49.5 Å². The molecular weight excluding hydrogens is 462 g/mol. The average molecular weight is 492 g/mol. The van der Waals surface area contributed by atoms with Gasteiger partial charge in [-0.1, -0.05) is 29.8 Å². The first kappa shape index (κ1) is 25.2. The third-order valence-electron chi connectivity index (χ3n) is 5.33. The van der Waals surface area contributed by atoms with Gasteiger partial charge in [-0.25, -0.2) is 13.1 Å². The highest BCUT2D eigenvalue weighted by Crippen LogP contribution is 2.21.